The van der Waals surface area contributed by atoms with Gasteiger partial charge < -0.3 is 10.6 Å². The molecule has 8 heteroatoms. The predicted octanol–water partition coefficient (Wildman–Crippen LogP) is 2.60. The van der Waals surface area contributed by atoms with Crippen LogP contribution in [0, 0.1) is 0 Å². The van der Waals surface area contributed by atoms with Crippen LogP contribution in [0.1, 0.15) is 45.7 Å². The van der Waals surface area contributed by atoms with Gasteiger partial charge in [-0.3, -0.25) is 4.99 Å². The maximum Gasteiger partial charge on any atom is 0.216 e. The van der Waals surface area contributed by atoms with Crippen LogP contribution in [0.15, 0.2) is 29.3 Å². The maximum atomic E-state index is 11.9. The van der Waals surface area contributed by atoms with Gasteiger partial charge in [0, 0.05) is 25.2 Å². The van der Waals surface area contributed by atoms with Crippen molar-refractivity contribution in [1.29, 1.82) is 0 Å². The summed E-state index contributed by atoms with van der Waals surface area (Å²) in [4.78, 5) is 4.19. The molecule has 0 atom stereocenters. The van der Waals surface area contributed by atoms with Crippen molar-refractivity contribution in [2.75, 3.05) is 7.05 Å². The average Bonchev–Trinajstić information content (AvgIpc) is 2.41. The minimum absolute atomic E-state index is 0. The molecule has 0 unspecified atom stereocenters. The molecule has 0 heterocycles. The number of nitrogens with one attached hydrogen (secondary N) is 3. The molecule has 0 amide bonds. The Morgan fingerprint density at radius 3 is 2.08 bits per heavy atom. The Bertz CT molecular complexity index is 650. The summed E-state index contributed by atoms with van der Waals surface area (Å²) >= 11 is 0. The Labute approximate surface area is 169 Å². The van der Waals surface area contributed by atoms with Gasteiger partial charge in [-0.2, -0.15) is 0 Å². The number of hydrogen-bond acceptors (Lipinski definition) is 3. The molecule has 144 valence electrons. The molecule has 0 radical (unpaired) electrons. The van der Waals surface area contributed by atoms with Crippen LogP contribution < -0.4 is 15.4 Å². The number of hydrogen-bond donors (Lipinski definition) is 3. The van der Waals surface area contributed by atoms with Crippen molar-refractivity contribution >= 4 is 40.0 Å². The molecule has 0 aromatic heterocycles. The van der Waals surface area contributed by atoms with Crippen LogP contribution in [0.4, 0.5) is 0 Å². The average molecular weight is 482 g/mol. The molecular formula is C17H31IN4O2S. The van der Waals surface area contributed by atoms with Crippen LogP contribution in [0.25, 0.3) is 0 Å². The van der Waals surface area contributed by atoms with Crippen LogP contribution in [0.5, 0.6) is 0 Å². The molecule has 1 rings (SSSR count). The van der Waals surface area contributed by atoms with E-state index in [1.165, 1.54) is 0 Å². The molecule has 0 saturated carbocycles. The van der Waals surface area contributed by atoms with Gasteiger partial charge in [-0.25, -0.2) is 13.1 Å². The van der Waals surface area contributed by atoms with Crippen molar-refractivity contribution in [2.45, 2.75) is 58.5 Å². The van der Waals surface area contributed by atoms with E-state index in [2.05, 4.69) is 41.1 Å². The first-order valence-corrected chi connectivity index (χ1v) is 9.72. The molecule has 0 spiro atoms. The normalized spacial score (nSPS) is 12.7. The van der Waals surface area contributed by atoms with Crippen molar-refractivity contribution in [1.82, 2.24) is 15.4 Å². The van der Waals surface area contributed by atoms with Crippen molar-refractivity contribution < 1.29 is 8.42 Å². The largest absolute Gasteiger partial charge is 0.352 e. The van der Waals surface area contributed by atoms with Crippen LogP contribution in [0.3, 0.4) is 0 Å². The highest BCUT2D eigenvalue weighted by Crippen LogP contribution is 2.08. The number of guanidine groups is 1. The van der Waals surface area contributed by atoms with Crippen LogP contribution in [0.2, 0.25) is 0 Å². The summed E-state index contributed by atoms with van der Waals surface area (Å²) in [6, 6.07) is 7.45. The second-order valence-corrected chi connectivity index (χ2v) is 8.90. The highest BCUT2D eigenvalue weighted by Gasteiger charge is 2.13. The fourth-order valence-corrected chi connectivity index (χ4v) is 3.53. The lowest BCUT2D eigenvalue weighted by atomic mass is 10.1. The number of nitrogens with zero attached hydrogens (tertiary/aromatic N) is 1. The second kappa shape index (κ2) is 10.3. The molecule has 3 N–H and O–H groups in total. The van der Waals surface area contributed by atoms with Crippen LogP contribution in [-0.2, 0) is 22.3 Å². The van der Waals surface area contributed by atoms with Gasteiger partial charge in [0.25, 0.3) is 0 Å². The Hall–Kier alpha value is -0.870. The first-order valence-electron chi connectivity index (χ1n) is 8.07. The Kier molecular flexibility index (Phi) is 9.96. The van der Waals surface area contributed by atoms with Gasteiger partial charge in [-0.15, -0.1) is 24.0 Å². The van der Waals surface area contributed by atoms with Gasteiger partial charge in [0.15, 0.2) is 5.96 Å². The summed E-state index contributed by atoms with van der Waals surface area (Å²) in [6.45, 7) is 10.4. The smallest absolute Gasteiger partial charge is 0.216 e. The van der Waals surface area contributed by atoms with Crippen LogP contribution in [-0.4, -0.2) is 33.0 Å². The van der Waals surface area contributed by atoms with E-state index >= 15 is 0 Å². The summed E-state index contributed by atoms with van der Waals surface area (Å²) in [7, 11) is -1.56. The molecule has 0 bridgehead atoms. The van der Waals surface area contributed by atoms with Gasteiger partial charge in [0.1, 0.15) is 0 Å². The van der Waals surface area contributed by atoms with E-state index in [1.807, 2.05) is 38.1 Å². The van der Waals surface area contributed by atoms with Gasteiger partial charge in [0.05, 0.1) is 5.75 Å². The summed E-state index contributed by atoms with van der Waals surface area (Å²) in [6.07, 6.45) is 0. The van der Waals surface area contributed by atoms with Crippen molar-refractivity contribution in [3.63, 3.8) is 0 Å². The topological polar surface area (TPSA) is 82.6 Å². The van der Waals surface area contributed by atoms with Crippen molar-refractivity contribution in [3.05, 3.63) is 35.4 Å². The molecule has 0 aliphatic carbocycles. The Morgan fingerprint density at radius 2 is 1.64 bits per heavy atom. The van der Waals surface area contributed by atoms with Crippen molar-refractivity contribution in [2.24, 2.45) is 4.99 Å². The van der Waals surface area contributed by atoms with E-state index in [0.29, 0.717) is 6.54 Å². The summed E-state index contributed by atoms with van der Waals surface area (Å²) in [5.74, 6) is 0.724. The molecular weight excluding hydrogens is 451 g/mol. The summed E-state index contributed by atoms with van der Waals surface area (Å²) < 4.78 is 26.5. The lowest BCUT2D eigenvalue weighted by Gasteiger charge is -2.23. The third-order valence-corrected chi connectivity index (χ3v) is 4.52. The maximum absolute atomic E-state index is 11.9. The molecule has 0 saturated heterocycles. The standard InChI is InChI=1S/C17H30N4O2S.HI/c1-13(2)21-24(22,23)12-15-9-7-14(8-10-15)11-19-16(18-6)20-17(3,4)5;/h7-10,13,21H,11-12H2,1-6H3,(H2,18,19,20);1H. The number of aliphatic imine (C=N–C) groups is 1. The highest BCUT2D eigenvalue weighted by molar-refractivity contribution is 14.0. The zero-order valence-corrected chi connectivity index (χ0v) is 19.0. The minimum Gasteiger partial charge on any atom is -0.352 e. The zero-order chi connectivity index (χ0) is 18.4. The van der Waals surface area contributed by atoms with Gasteiger partial charge in [-0.1, -0.05) is 24.3 Å². The second-order valence-electron chi connectivity index (χ2n) is 7.15. The fourth-order valence-electron chi connectivity index (χ4n) is 2.09. The molecule has 6 nitrogen and oxygen atoms in total. The first kappa shape index (κ1) is 24.1. The fraction of sp³-hybridized carbons (Fsp3) is 0.588. The van der Waals surface area contributed by atoms with E-state index in [4.69, 9.17) is 0 Å². The third-order valence-electron chi connectivity index (χ3n) is 2.97. The van der Waals surface area contributed by atoms with Crippen LogP contribution >= 0.6 is 24.0 Å². The molecule has 1 aromatic rings. The molecule has 1 aromatic carbocycles. The minimum atomic E-state index is -3.29. The summed E-state index contributed by atoms with van der Waals surface area (Å²) in [5.41, 5.74) is 1.76. The number of benzene rings is 1. The lowest BCUT2D eigenvalue weighted by Crippen LogP contribution is -2.47. The number of rotatable bonds is 6. The Balaban J connectivity index is 0.00000576. The van der Waals surface area contributed by atoms with Gasteiger partial charge >= 0.3 is 0 Å². The number of sulfonamides is 1. The first-order chi connectivity index (χ1) is 11.0. The van der Waals surface area contributed by atoms with E-state index in [0.717, 1.165) is 17.1 Å². The van der Waals surface area contributed by atoms with E-state index in [-0.39, 0.29) is 41.3 Å². The van der Waals surface area contributed by atoms with Crippen molar-refractivity contribution in [3.8, 4) is 0 Å². The van der Waals surface area contributed by atoms with Gasteiger partial charge in [-0.05, 0) is 45.7 Å². The lowest BCUT2D eigenvalue weighted by molar-refractivity contribution is 0.501. The number of halogens is 1. The highest BCUT2D eigenvalue weighted by atomic mass is 127. The monoisotopic (exact) mass is 482 g/mol. The Morgan fingerprint density at radius 1 is 1.12 bits per heavy atom. The van der Waals surface area contributed by atoms with E-state index < -0.39 is 10.0 Å². The SMILES string of the molecule is CN=C(NCc1ccc(CS(=O)(=O)NC(C)C)cc1)NC(C)(C)C.I. The predicted molar refractivity (Wildman–Crippen MR) is 116 cm³/mol. The molecule has 0 fully saturated rings. The third kappa shape index (κ3) is 10.7. The molecule has 0 aliphatic rings. The van der Waals surface area contributed by atoms with E-state index in [9.17, 15) is 8.42 Å². The summed E-state index contributed by atoms with van der Waals surface area (Å²) in [5, 5.41) is 6.53. The molecule has 0 aliphatic heterocycles. The zero-order valence-electron chi connectivity index (χ0n) is 15.9. The quantitative estimate of drug-likeness (QED) is 0.331. The van der Waals surface area contributed by atoms with Gasteiger partial charge in [0.2, 0.25) is 10.0 Å². The molecule has 25 heavy (non-hydrogen) atoms. The van der Waals surface area contributed by atoms with E-state index in [1.54, 1.807) is 7.05 Å².